The lowest BCUT2D eigenvalue weighted by Gasteiger charge is -2.28. The zero-order valence-corrected chi connectivity index (χ0v) is 13.8. The Morgan fingerprint density at radius 3 is 2.67 bits per heavy atom. The van der Waals surface area contributed by atoms with E-state index in [1.54, 1.807) is 26.4 Å². The van der Waals surface area contributed by atoms with Gasteiger partial charge in [-0.05, 0) is 31.0 Å². The number of hydrogen-bond donors (Lipinski definition) is 0. The summed E-state index contributed by atoms with van der Waals surface area (Å²) in [5.41, 5.74) is 1.81. The summed E-state index contributed by atoms with van der Waals surface area (Å²) in [5.74, 6) is 1.47. The van der Waals surface area contributed by atoms with Crippen molar-refractivity contribution < 1.29 is 14.4 Å². The first-order valence-electron chi connectivity index (χ1n) is 7.87. The molecule has 6 heteroatoms. The number of hydrogen-bond acceptors (Lipinski definition) is 5. The van der Waals surface area contributed by atoms with Crippen LogP contribution in [-0.2, 0) is 0 Å². The van der Waals surface area contributed by atoms with Crippen molar-refractivity contribution in [2.45, 2.75) is 18.9 Å². The first kappa shape index (κ1) is 16.1. The quantitative estimate of drug-likeness (QED) is 0.614. The van der Waals surface area contributed by atoms with Crippen molar-refractivity contribution in [1.82, 2.24) is 0 Å². The number of benzene rings is 2. The van der Waals surface area contributed by atoms with E-state index in [1.165, 1.54) is 0 Å². The van der Waals surface area contributed by atoms with Gasteiger partial charge in [-0.2, -0.15) is 0 Å². The number of methoxy groups -OCH3 is 2. The number of ether oxygens (including phenoxy) is 2. The van der Waals surface area contributed by atoms with Crippen molar-refractivity contribution >= 4 is 11.4 Å². The summed E-state index contributed by atoms with van der Waals surface area (Å²) >= 11 is 0. The maximum Gasteiger partial charge on any atom is 0.292 e. The molecule has 0 N–H and O–H groups in total. The first-order chi connectivity index (χ1) is 11.7. The molecule has 0 amide bonds. The SMILES string of the molecule is COc1ccc(C2CCCN2c2ccccc2[N+](=O)[O-])c(OC)c1. The van der Waals surface area contributed by atoms with E-state index in [0.717, 1.165) is 36.4 Å². The average Bonchev–Trinajstić information content (AvgIpc) is 3.10. The molecule has 1 aliphatic heterocycles. The first-order valence-corrected chi connectivity index (χ1v) is 7.87. The van der Waals surface area contributed by atoms with Gasteiger partial charge in [0.1, 0.15) is 17.2 Å². The van der Waals surface area contributed by atoms with Crippen LogP contribution >= 0.6 is 0 Å². The van der Waals surface area contributed by atoms with Gasteiger partial charge in [-0.3, -0.25) is 10.1 Å². The normalized spacial score (nSPS) is 16.9. The minimum atomic E-state index is -0.323. The number of para-hydroxylation sites is 2. The molecule has 0 bridgehead atoms. The lowest BCUT2D eigenvalue weighted by Crippen LogP contribution is -2.23. The summed E-state index contributed by atoms with van der Waals surface area (Å²) in [5, 5.41) is 11.4. The molecule has 2 aromatic carbocycles. The van der Waals surface area contributed by atoms with Gasteiger partial charge in [0, 0.05) is 24.2 Å². The molecule has 0 radical (unpaired) electrons. The highest BCUT2D eigenvalue weighted by Crippen LogP contribution is 2.43. The molecule has 1 unspecified atom stereocenters. The van der Waals surface area contributed by atoms with Crippen molar-refractivity contribution in [1.29, 1.82) is 0 Å². The molecule has 0 spiro atoms. The molecular weight excluding hydrogens is 308 g/mol. The van der Waals surface area contributed by atoms with Crippen LogP contribution in [0.5, 0.6) is 11.5 Å². The molecule has 0 aromatic heterocycles. The summed E-state index contributed by atoms with van der Waals surface area (Å²) in [4.78, 5) is 13.1. The van der Waals surface area contributed by atoms with Gasteiger partial charge in [0.05, 0.1) is 25.2 Å². The van der Waals surface area contributed by atoms with Crippen LogP contribution in [0.15, 0.2) is 42.5 Å². The van der Waals surface area contributed by atoms with Crippen LogP contribution in [0.2, 0.25) is 0 Å². The third-order valence-corrected chi connectivity index (χ3v) is 4.44. The van der Waals surface area contributed by atoms with Crippen LogP contribution in [0.4, 0.5) is 11.4 Å². The van der Waals surface area contributed by atoms with Gasteiger partial charge in [-0.25, -0.2) is 0 Å². The van der Waals surface area contributed by atoms with Crippen molar-refractivity contribution in [3.05, 3.63) is 58.1 Å². The molecule has 1 saturated heterocycles. The molecule has 126 valence electrons. The molecule has 6 nitrogen and oxygen atoms in total. The van der Waals surface area contributed by atoms with E-state index in [2.05, 4.69) is 4.90 Å². The summed E-state index contributed by atoms with van der Waals surface area (Å²) in [6.07, 6.45) is 1.90. The maximum atomic E-state index is 11.4. The standard InChI is InChI=1S/C18H20N2O4/c1-23-13-9-10-14(18(12-13)24-2)15-8-5-11-19(15)16-6-3-4-7-17(16)20(21)22/h3-4,6-7,9-10,12,15H,5,8,11H2,1-2H3. The molecule has 0 aliphatic carbocycles. The highest BCUT2D eigenvalue weighted by Gasteiger charge is 2.32. The van der Waals surface area contributed by atoms with Crippen LogP contribution in [0.1, 0.15) is 24.4 Å². The van der Waals surface area contributed by atoms with Crippen LogP contribution < -0.4 is 14.4 Å². The third-order valence-electron chi connectivity index (χ3n) is 4.44. The van der Waals surface area contributed by atoms with Crippen LogP contribution in [0.3, 0.4) is 0 Å². The summed E-state index contributed by atoms with van der Waals surface area (Å²) < 4.78 is 10.8. The number of nitro benzene ring substituents is 1. The Hall–Kier alpha value is -2.76. The Morgan fingerprint density at radius 2 is 1.96 bits per heavy atom. The Bertz CT molecular complexity index is 748. The van der Waals surface area contributed by atoms with Gasteiger partial charge < -0.3 is 14.4 Å². The van der Waals surface area contributed by atoms with E-state index in [4.69, 9.17) is 9.47 Å². The van der Waals surface area contributed by atoms with Gasteiger partial charge in [0.2, 0.25) is 0 Å². The highest BCUT2D eigenvalue weighted by atomic mass is 16.6. The van der Waals surface area contributed by atoms with Crippen molar-refractivity contribution in [3.63, 3.8) is 0 Å². The van der Waals surface area contributed by atoms with Crippen LogP contribution in [0, 0.1) is 10.1 Å². The monoisotopic (exact) mass is 328 g/mol. The molecular formula is C18H20N2O4. The van der Waals surface area contributed by atoms with E-state index in [0.29, 0.717) is 5.69 Å². The fourth-order valence-corrected chi connectivity index (χ4v) is 3.33. The average molecular weight is 328 g/mol. The second kappa shape index (κ2) is 6.78. The molecule has 1 atom stereocenters. The number of nitrogens with zero attached hydrogens (tertiary/aromatic N) is 2. The van der Waals surface area contributed by atoms with E-state index in [1.807, 2.05) is 30.3 Å². The zero-order valence-electron chi connectivity index (χ0n) is 13.8. The molecule has 2 aromatic rings. The van der Waals surface area contributed by atoms with Gasteiger partial charge in [0.25, 0.3) is 5.69 Å². The lowest BCUT2D eigenvalue weighted by molar-refractivity contribution is -0.384. The molecule has 1 aliphatic rings. The van der Waals surface area contributed by atoms with Gasteiger partial charge in [0.15, 0.2) is 0 Å². The Labute approximate surface area is 140 Å². The van der Waals surface area contributed by atoms with E-state index < -0.39 is 0 Å². The highest BCUT2D eigenvalue weighted by molar-refractivity contribution is 5.65. The molecule has 1 heterocycles. The number of nitro groups is 1. The minimum Gasteiger partial charge on any atom is -0.497 e. The zero-order chi connectivity index (χ0) is 17.1. The minimum absolute atomic E-state index is 0.0481. The van der Waals surface area contributed by atoms with Gasteiger partial charge in [-0.15, -0.1) is 0 Å². The second-order valence-electron chi connectivity index (χ2n) is 5.71. The van der Waals surface area contributed by atoms with Gasteiger partial charge in [-0.1, -0.05) is 12.1 Å². The molecule has 24 heavy (non-hydrogen) atoms. The Morgan fingerprint density at radius 1 is 1.17 bits per heavy atom. The van der Waals surface area contributed by atoms with E-state index in [-0.39, 0.29) is 16.7 Å². The number of rotatable bonds is 5. The predicted molar refractivity (Wildman–Crippen MR) is 92.0 cm³/mol. The smallest absolute Gasteiger partial charge is 0.292 e. The fraction of sp³-hybridized carbons (Fsp3) is 0.333. The summed E-state index contributed by atoms with van der Waals surface area (Å²) in [6, 6.07) is 12.7. The molecule has 0 saturated carbocycles. The third kappa shape index (κ3) is 2.87. The second-order valence-corrected chi connectivity index (χ2v) is 5.71. The fourth-order valence-electron chi connectivity index (χ4n) is 3.33. The number of anilines is 1. The summed E-state index contributed by atoms with van der Waals surface area (Å²) in [7, 11) is 3.24. The largest absolute Gasteiger partial charge is 0.497 e. The van der Waals surface area contributed by atoms with E-state index >= 15 is 0 Å². The van der Waals surface area contributed by atoms with Crippen LogP contribution in [-0.4, -0.2) is 25.7 Å². The maximum absolute atomic E-state index is 11.4. The predicted octanol–water partition coefficient (Wildman–Crippen LogP) is 3.95. The van der Waals surface area contributed by atoms with Gasteiger partial charge >= 0.3 is 0 Å². The van der Waals surface area contributed by atoms with Crippen molar-refractivity contribution in [2.24, 2.45) is 0 Å². The molecule has 1 fully saturated rings. The van der Waals surface area contributed by atoms with Crippen LogP contribution in [0.25, 0.3) is 0 Å². The topological polar surface area (TPSA) is 64.8 Å². The summed E-state index contributed by atoms with van der Waals surface area (Å²) in [6.45, 7) is 0.782. The Kier molecular flexibility index (Phi) is 4.55. The van der Waals surface area contributed by atoms with Crippen molar-refractivity contribution in [3.8, 4) is 11.5 Å². The van der Waals surface area contributed by atoms with E-state index in [9.17, 15) is 10.1 Å². The van der Waals surface area contributed by atoms with Crippen molar-refractivity contribution in [2.75, 3.05) is 25.7 Å². The molecule has 3 rings (SSSR count). The Balaban J connectivity index is 2.02. The lowest BCUT2D eigenvalue weighted by atomic mass is 10.0.